The average molecular weight is 295 g/mol. The van der Waals surface area contributed by atoms with Gasteiger partial charge >= 0.3 is 11.7 Å². The smallest absolute Gasteiger partial charge is 0.330 e. The Morgan fingerprint density at radius 1 is 1.38 bits per heavy atom. The SMILES string of the molecule is COC(=O)[C@@H](C)N(Cc1cc(=O)n(C)c(=O)n1C)C1CC1. The molecule has 21 heavy (non-hydrogen) atoms. The predicted molar refractivity (Wildman–Crippen MR) is 77.0 cm³/mol. The largest absolute Gasteiger partial charge is 0.468 e. The van der Waals surface area contributed by atoms with Crippen molar-refractivity contribution in [2.45, 2.75) is 38.4 Å². The summed E-state index contributed by atoms with van der Waals surface area (Å²) < 4.78 is 7.30. The third-order valence-electron chi connectivity index (χ3n) is 4.03. The van der Waals surface area contributed by atoms with Gasteiger partial charge in [0.05, 0.1) is 7.11 Å². The van der Waals surface area contributed by atoms with Crippen molar-refractivity contribution in [1.29, 1.82) is 0 Å². The fraction of sp³-hybridized carbons (Fsp3) is 0.643. The minimum atomic E-state index is -0.401. The third-order valence-corrected chi connectivity index (χ3v) is 4.03. The summed E-state index contributed by atoms with van der Waals surface area (Å²) in [6.45, 7) is 2.16. The highest BCUT2D eigenvalue weighted by molar-refractivity contribution is 5.75. The summed E-state index contributed by atoms with van der Waals surface area (Å²) in [6.07, 6.45) is 2.03. The van der Waals surface area contributed by atoms with Crippen LogP contribution in [0.3, 0.4) is 0 Å². The molecule has 0 unspecified atom stereocenters. The lowest BCUT2D eigenvalue weighted by molar-refractivity contribution is -0.146. The van der Waals surface area contributed by atoms with Crippen LogP contribution in [0, 0.1) is 0 Å². The van der Waals surface area contributed by atoms with Crippen LogP contribution in [0.4, 0.5) is 0 Å². The first-order valence-electron chi connectivity index (χ1n) is 6.96. The van der Waals surface area contributed by atoms with Crippen molar-refractivity contribution in [3.63, 3.8) is 0 Å². The summed E-state index contributed by atoms with van der Waals surface area (Å²) in [5.74, 6) is -0.310. The predicted octanol–water partition coefficient (Wildman–Crippen LogP) is -0.390. The van der Waals surface area contributed by atoms with Gasteiger partial charge in [-0.1, -0.05) is 0 Å². The Morgan fingerprint density at radius 3 is 2.52 bits per heavy atom. The lowest BCUT2D eigenvalue weighted by atomic mass is 10.2. The van der Waals surface area contributed by atoms with E-state index in [1.807, 2.05) is 4.90 Å². The summed E-state index contributed by atoms with van der Waals surface area (Å²) in [6, 6.07) is 1.35. The van der Waals surface area contributed by atoms with E-state index in [0.29, 0.717) is 18.3 Å². The number of esters is 1. The number of rotatable bonds is 5. The van der Waals surface area contributed by atoms with Gasteiger partial charge in [-0.15, -0.1) is 0 Å². The number of aromatic nitrogens is 2. The van der Waals surface area contributed by atoms with Crippen LogP contribution >= 0.6 is 0 Å². The fourth-order valence-corrected chi connectivity index (χ4v) is 2.41. The Hall–Kier alpha value is -1.89. The minimum Gasteiger partial charge on any atom is -0.468 e. The Morgan fingerprint density at radius 2 is 2.00 bits per heavy atom. The highest BCUT2D eigenvalue weighted by Crippen LogP contribution is 2.30. The number of nitrogens with zero attached hydrogens (tertiary/aromatic N) is 3. The highest BCUT2D eigenvalue weighted by Gasteiger charge is 2.35. The molecular weight excluding hydrogens is 274 g/mol. The van der Waals surface area contributed by atoms with Crippen LogP contribution in [0.15, 0.2) is 15.7 Å². The van der Waals surface area contributed by atoms with Crippen molar-refractivity contribution in [2.75, 3.05) is 7.11 Å². The second-order valence-corrected chi connectivity index (χ2v) is 5.48. The normalized spacial score (nSPS) is 16.0. The Kier molecular flexibility index (Phi) is 4.32. The van der Waals surface area contributed by atoms with Crippen LogP contribution < -0.4 is 11.2 Å². The topological polar surface area (TPSA) is 73.5 Å². The maximum absolute atomic E-state index is 12.0. The van der Waals surface area contributed by atoms with Gasteiger partial charge in [0.25, 0.3) is 5.56 Å². The first-order valence-corrected chi connectivity index (χ1v) is 6.96. The van der Waals surface area contributed by atoms with E-state index in [2.05, 4.69) is 0 Å². The van der Waals surface area contributed by atoms with Crippen LogP contribution in [-0.4, -0.2) is 39.2 Å². The zero-order chi connectivity index (χ0) is 15.7. The van der Waals surface area contributed by atoms with Crippen LogP contribution in [0.5, 0.6) is 0 Å². The van der Waals surface area contributed by atoms with Gasteiger partial charge < -0.3 is 4.74 Å². The van der Waals surface area contributed by atoms with E-state index in [4.69, 9.17) is 4.74 Å². The summed E-state index contributed by atoms with van der Waals surface area (Å²) in [5.41, 5.74) is -0.0979. The van der Waals surface area contributed by atoms with Crippen molar-refractivity contribution >= 4 is 5.97 Å². The van der Waals surface area contributed by atoms with Crippen molar-refractivity contribution in [3.8, 4) is 0 Å². The molecule has 7 nitrogen and oxygen atoms in total. The molecule has 1 aromatic rings. The van der Waals surface area contributed by atoms with Crippen molar-refractivity contribution < 1.29 is 9.53 Å². The molecule has 0 aromatic carbocycles. The molecule has 1 saturated carbocycles. The first-order chi connectivity index (χ1) is 9.86. The van der Waals surface area contributed by atoms with Gasteiger partial charge in [-0.25, -0.2) is 4.79 Å². The fourth-order valence-electron chi connectivity index (χ4n) is 2.41. The molecule has 7 heteroatoms. The minimum absolute atomic E-state index is 0.304. The van der Waals surface area contributed by atoms with Crippen molar-refractivity contribution in [1.82, 2.24) is 14.0 Å². The third kappa shape index (κ3) is 3.07. The first kappa shape index (κ1) is 15.5. The molecule has 0 bridgehead atoms. The van der Waals surface area contributed by atoms with E-state index in [9.17, 15) is 14.4 Å². The van der Waals surface area contributed by atoms with Crippen molar-refractivity contribution in [2.24, 2.45) is 14.1 Å². The molecule has 1 heterocycles. The van der Waals surface area contributed by atoms with Gasteiger partial charge in [-0.3, -0.25) is 23.6 Å². The molecule has 1 atom stereocenters. The van der Waals surface area contributed by atoms with Gasteiger partial charge in [0.15, 0.2) is 0 Å². The molecule has 1 fully saturated rings. The summed E-state index contributed by atoms with van der Waals surface area (Å²) in [5, 5.41) is 0. The number of hydrogen-bond acceptors (Lipinski definition) is 5. The molecule has 0 spiro atoms. The van der Waals surface area contributed by atoms with Crippen LogP contribution in [0.2, 0.25) is 0 Å². The van der Waals surface area contributed by atoms with Gasteiger partial charge in [0.2, 0.25) is 0 Å². The van der Waals surface area contributed by atoms with Gasteiger partial charge in [-0.05, 0) is 19.8 Å². The Balaban J connectivity index is 2.32. The van der Waals surface area contributed by atoms with Crippen molar-refractivity contribution in [3.05, 3.63) is 32.6 Å². The molecule has 0 saturated heterocycles. The Labute approximate surface area is 122 Å². The van der Waals surface area contributed by atoms with Gasteiger partial charge in [-0.2, -0.15) is 0 Å². The maximum Gasteiger partial charge on any atom is 0.330 e. The number of carbonyl (C=O) groups is 1. The zero-order valence-corrected chi connectivity index (χ0v) is 12.8. The molecular formula is C14H21N3O4. The highest BCUT2D eigenvalue weighted by atomic mass is 16.5. The molecule has 116 valence electrons. The lowest BCUT2D eigenvalue weighted by Gasteiger charge is -2.27. The molecule has 1 aliphatic rings. The van der Waals surface area contributed by atoms with Crippen LogP contribution in [0.25, 0.3) is 0 Å². The number of carbonyl (C=O) groups excluding carboxylic acids is 1. The Bertz CT molecular complexity index is 657. The molecule has 0 N–H and O–H groups in total. The molecule has 1 aromatic heterocycles. The second kappa shape index (κ2) is 5.85. The van der Waals surface area contributed by atoms with E-state index >= 15 is 0 Å². The average Bonchev–Trinajstić information content (AvgIpc) is 3.30. The molecule has 0 amide bonds. The van der Waals surface area contributed by atoms with E-state index in [1.165, 1.54) is 24.8 Å². The number of hydrogen-bond donors (Lipinski definition) is 0. The van der Waals surface area contributed by atoms with E-state index in [1.54, 1.807) is 14.0 Å². The maximum atomic E-state index is 12.0. The molecule has 2 rings (SSSR count). The monoisotopic (exact) mass is 295 g/mol. The van der Waals surface area contributed by atoms with E-state index in [-0.39, 0.29) is 17.2 Å². The van der Waals surface area contributed by atoms with E-state index in [0.717, 1.165) is 17.4 Å². The molecule has 1 aliphatic carbocycles. The molecule has 0 radical (unpaired) electrons. The van der Waals surface area contributed by atoms with Gasteiger partial charge in [0, 0.05) is 38.4 Å². The summed E-state index contributed by atoms with van der Waals surface area (Å²) >= 11 is 0. The van der Waals surface area contributed by atoms with Crippen LogP contribution in [-0.2, 0) is 30.2 Å². The van der Waals surface area contributed by atoms with Gasteiger partial charge in [0.1, 0.15) is 6.04 Å². The zero-order valence-electron chi connectivity index (χ0n) is 12.8. The van der Waals surface area contributed by atoms with Crippen LogP contribution in [0.1, 0.15) is 25.5 Å². The molecule has 0 aliphatic heterocycles. The quantitative estimate of drug-likeness (QED) is 0.692. The lowest BCUT2D eigenvalue weighted by Crippen LogP contribution is -2.44. The number of methoxy groups -OCH3 is 1. The number of ether oxygens (including phenoxy) is 1. The standard InChI is InChI=1S/C14H21N3O4/c1-9(13(19)21-4)17(10-5-6-10)8-11-7-12(18)16(3)14(20)15(11)2/h7,9-10H,5-6,8H2,1-4H3/t9-/m1/s1. The summed E-state index contributed by atoms with van der Waals surface area (Å²) in [4.78, 5) is 37.5. The second-order valence-electron chi connectivity index (χ2n) is 5.48. The summed E-state index contributed by atoms with van der Waals surface area (Å²) in [7, 11) is 4.44. The van der Waals surface area contributed by atoms with E-state index < -0.39 is 6.04 Å².